The highest BCUT2D eigenvalue weighted by Gasteiger charge is 2.08. The van der Waals surface area contributed by atoms with Crippen LogP contribution in [0, 0.1) is 0 Å². The molecule has 0 N–H and O–H groups in total. The van der Waals surface area contributed by atoms with Gasteiger partial charge in [-0.25, -0.2) is 9.50 Å². The van der Waals surface area contributed by atoms with Crippen LogP contribution in [-0.4, -0.2) is 20.4 Å². The Balaban J connectivity index is 2.57. The first-order chi connectivity index (χ1) is 7.08. The van der Waals surface area contributed by atoms with Crippen LogP contribution in [0.15, 0.2) is 18.5 Å². The molecule has 4 nitrogen and oxygen atoms in total. The molecular formula is C11H13N3O. The zero-order valence-corrected chi connectivity index (χ0v) is 9.06. The average molecular weight is 203 g/mol. The number of Topliss-reactive ketones (excluding diaryl/α,β-unsaturated/α-hetero) is 1. The van der Waals surface area contributed by atoms with Crippen LogP contribution < -0.4 is 0 Å². The Hall–Kier alpha value is -1.71. The van der Waals surface area contributed by atoms with Crippen LogP contribution in [0.4, 0.5) is 0 Å². The molecule has 0 unspecified atom stereocenters. The Morgan fingerprint density at radius 1 is 1.47 bits per heavy atom. The molecule has 0 amide bonds. The molecule has 0 atom stereocenters. The van der Waals surface area contributed by atoms with Gasteiger partial charge in [-0.2, -0.15) is 5.10 Å². The predicted octanol–water partition coefficient (Wildman–Crippen LogP) is 2.06. The van der Waals surface area contributed by atoms with E-state index < -0.39 is 0 Å². The number of hydrogen-bond donors (Lipinski definition) is 0. The minimum Gasteiger partial charge on any atom is -0.293 e. The predicted molar refractivity (Wildman–Crippen MR) is 57.1 cm³/mol. The molecule has 2 aromatic heterocycles. The van der Waals surface area contributed by atoms with E-state index in [9.17, 15) is 4.79 Å². The molecular weight excluding hydrogens is 190 g/mol. The topological polar surface area (TPSA) is 47.3 Å². The van der Waals surface area contributed by atoms with Crippen LogP contribution in [0.3, 0.4) is 0 Å². The van der Waals surface area contributed by atoms with Gasteiger partial charge in [0.1, 0.15) is 5.69 Å². The third-order valence-corrected chi connectivity index (χ3v) is 2.36. The molecule has 0 saturated heterocycles. The number of carbonyl (C=O) groups excluding carboxylic acids is 1. The SMILES string of the molecule is CC(=O)c1cc2ncc(C(C)C)cn2n1. The van der Waals surface area contributed by atoms with Crippen LogP contribution in [0.5, 0.6) is 0 Å². The zero-order chi connectivity index (χ0) is 11.0. The standard InChI is InChI=1S/C11H13N3O/c1-7(2)9-5-12-11-4-10(8(3)15)13-14(11)6-9/h4-7H,1-3H3. The number of ketones is 1. The van der Waals surface area contributed by atoms with E-state index in [1.165, 1.54) is 6.92 Å². The molecule has 0 aliphatic heterocycles. The molecule has 0 spiro atoms. The largest absolute Gasteiger partial charge is 0.293 e. The fourth-order valence-electron chi connectivity index (χ4n) is 1.36. The van der Waals surface area contributed by atoms with Crippen LogP contribution in [0.1, 0.15) is 42.7 Å². The third-order valence-electron chi connectivity index (χ3n) is 2.36. The maximum atomic E-state index is 11.1. The van der Waals surface area contributed by atoms with Crippen molar-refractivity contribution in [1.82, 2.24) is 14.6 Å². The maximum Gasteiger partial charge on any atom is 0.180 e. The molecule has 0 saturated carbocycles. The van der Waals surface area contributed by atoms with Crippen molar-refractivity contribution in [2.45, 2.75) is 26.7 Å². The smallest absolute Gasteiger partial charge is 0.180 e. The Bertz CT molecular complexity index is 514. The summed E-state index contributed by atoms with van der Waals surface area (Å²) in [4.78, 5) is 15.4. The summed E-state index contributed by atoms with van der Waals surface area (Å²) in [7, 11) is 0. The second-order valence-electron chi connectivity index (χ2n) is 3.93. The molecule has 0 bridgehead atoms. The fraction of sp³-hybridized carbons (Fsp3) is 0.364. The molecule has 2 aromatic rings. The first-order valence-electron chi connectivity index (χ1n) is 4.94. The van der Waals surface area contributed by atoms with E-state index in [-0.39, 0.29) is 5.78 Å². The summed E-state index contributed by atoms with van der Waals surface area (Å²) in [5.41, 5.74) is 2.29. The summed E-state index contributed by atoms with van der Waals surface area (Å²) in [6.45, 7) is 5.70. The summed E-state index contributed by atoms with van der Waals surface area (Å²) in [6.07, 6.45) is 3.74. The molecule has 4 heteroatoms. The van der Waals surface area contributed by atoms with E-state index >= 15 is 0 Å². The van der Waals surface area contributed by atoms with Gasteiger partial charge in [0.05, 0.1) is 0 Å². The van der Waals surface area contributed by atoms with Gasteiger partial charge in [0.2, 0.25) is 0 Å². The van der Waals surface area contributed by atoms with Crippen molar-refractivity contribution in [1.29, 1.82) is 0 Å². The minimum absolute atomic E-state index is 0.0356. The van der Waals surface area contributed by atoms with Crippen molar-refractivity contribution in [3.05, 3.63) is 29.7 Å². The van der Waals surface area contributed by atoms with Gasteiger partial charge < -0.3 is 0 Å². The Labute approximate surface area is 87.9 Å². The summed E-state index contributed by atoms with van der Waals surface area (Å²) < 4.78 is 1.66. The van der Waals surface area contributed by atoms with Gasteiger partial charge in [0, 0.05) is 25.4 Å². The van der Waals surface area contributed by atoms with E-state index in [4.69, 9.17) is 0 Å². The Kier molecular flexibility index (Phi) is 2.26. The lowest BCUT2D eigenvalue weighted by Crippen LogP contribution is -1.97. The number of aromatic nitrogens is 3. The Morgan fingerprint density at radius 3 is 2.80 bits per heavy atom. The second-order valence-corrected chi connectivity index (χ2v) is 3.93. The summed E-state index contributed by atoms with van der Waals surface area (Å²) in [5.74, 6) is 0.374. The highest BCUT2D eigenvalue weighted by molar-refractivity contribution is 5.93. The minimum atomic E-state index is -0.0356. The molecule has 0 aromatic carbocycles. The van der Waals surface area contributed by atoms with E-state index in [2.05, 4.69) is 23.9 Å². The first-order valence-corrected chi connectivity index (χ1v) is 4.94. The molecule has 2 rings (SSSR count). The summed E-state index contributed by atoms with van der Waals surface area (Å²) in [6, 6.07) is 1.70. The van der Waals surface area contributed by atoms with E-state index in [1.54, 1.807) is 10.6 Å². The van der Waals surface area contributed by atoms with E-state index in [1.807, 2.05) is 12.4 Å². The van der Waals surface area contributed by atoms with Crippen LogP contribution in [-0.2, 0) is 0 Å². The molecule has 78 valence electrons. The van der Waals surface area contributed by atoms with Crippen molar-refractivity contribution in [2.75, 3.05) is 0 Å². The molecule has 0 aliphatic rings. The van der Waals surface area contributed by atoms with Gasteiger partial charge in [0.25, 0.3) is 0 Å². The van der Waals surface area contributed by atoms with Crippen molar-refractivity contribution < 1.29 is 4.79 Å². The van der Waals surface area contributed by atoms with Crippen molar-refractivity contribution in [2.24, 2.45) is 0 Å². The maximum absolute atomic E-state index is 11.1. The normalized spacial score (nSPS) is 11.2. The Morgan fingerprint density at radius 2 is 2.20 bits per heavy atom. The van der Waals surface area contributed by atoms with Gasteiger partial charge in [-0.3, -0.25) is 4.79 Å². The number of carbonyl (C=O) groups is 1. The zero-order valence-electron chi connectivity index (χ0n) is 9.06. The fourth-order valence-corrected chi connectivity index (χ4v) is 1.36. The van der Waals surface area contributed by atoms with E-state index in [0.717, 1.165) is 5.56 Å². The summed E-state index contributed by atoms with van der Waals surface area (Å²) >= 11 is 0. The molecule has 0 aliphatic carbocycles. The number of hydrogen-bond acceptors (Lipinski definition) is 3. The van der Waals surface area contributed by atoms with E-state index in [0.29, 0.717) is 17.3 Å². The first kappa shape index (κ1) is 9.83. The number of nitrogens with zero attached hydrogens (tertiary/aromatic N) is 3. The molecule has 2 heterocycles. The van der Waals surface area contributed by atoms with Crippen molar-refractivity contribution >= 4 is 11.4 Å². The highest BCUT2D eigenvalue weighted by Crippen LogP contribution is 2.13. The quantitative estimate of drug-likeness (QED) is 0.702. The lowest BCUT2D eigenvalue weighted by molar-refractivity contribution is 0.101. The van der Waals surface area contributed by atoms with Gasteiger partial charge in [-0.15, -0.1) is 0 Å². The van der Waals surface area contributed by atoms with Gasteiger partial charge >= 0.3 is 0 Å². The lowest BCUT2D eigenvalue weighted by Gasteiger charge is -2.03. The third kappa shape index (κ3) is 1.75. The molecule has 0 fully saturated rings. The average Bonchev–Trinajstić information content (AvgIpc) is 2.59. The summed E-state index contributed by atoms with van der Waals surface area (Å²) in [5, 5.41) is 4.16. The molecule has 15 heavy (non-hydrogen) atoms. The lowest BCUT2D eigenvalue weighted by atomic mass is 10.1. The second kappa shape index (κ2) is 3.46. The van der Waals surface area contributed by atoms with Gasteiger partial charge in [-0.1, -0.05) is 13.8 Å². The van der Waals surface area contributed by atoms with Crippen molar-refractivity contribution in [3.8, 4) is 0 Å². The molecule has 0 radical (unpaired) electrons. The van der Waals surface area contributed by atoms with Gasteiger partial charge in [0.15, 0.2) is 11.4 Å². The van der Waals surface area contributed by atoms with Crippen LogP contribution in [0.25, 0.3) is 5.65 Å². The van der Waals surface area contributed by atoms with Crippen LogP contribution >= 0.6 is 0 Å². The monoisotopic (exact) mass is 203 g/mol. The highest BCUT2D eigenvalue weighted by atomic mass is 16.1. The number of fused-ring (bicyclic) bond motifs is 1. The van der Waals surface area contributed by atoms with Gasteiger partial charge in [-0.05, 0) is 11.5 Å². The number of rotatable bonds is 2. The van der Waals surface area contributed by atoms with Crippen LogP contribution in [0.2, 0.25) is 0 Å². The van der Waals surface area contributed by atoms with Crippen molar-refractivity contribution in [3.63, 3.8) is 0 Å².